The summed E-state index contributed by atoms with van der Waals surface area (Å²) in [4.78, 5) is 18.7. The van der Waals surface area contributed by atoms with Crippen LogP contribution in [0.2, 0.25) is 0 Å². The lowest BCUT2D eigenvalue weighted by Gasteiger charge is -2.33. The van der Waals surface area contributed by atoms with Crippen molar-refractivity contribution >= 4 is 31.6 Å². The van der Waals surface area contributed by atoms with Crippen LogP contribution in [0.1, 0.15) is 19.4 Å². The van der Waals surface area contributed by atoms with Crippen molar-refractivity contribution in [1.29, 1.82) is 0 Å². The number of anilines is 1. The predicted molar refractivity (Wildman–Crippen MR) is 133 cm³/mol. The molecular weight excluding hydrogens is 510 g/mol. The minimum Gasteiger partial charge on any atom is -0.488 e. The Morgan fingerprint density at radius 3 is 2.58 bits per heavy atom. The molecule has 0 aliphatic carbocycles. The van der Waals surface area contributed by atoms with Crippen molar-refractivity contribution in [3.63, 3.8) is 0 Å². The number of nitrogens with zero attached hydrogens (tertiary/aromatic N) is 4. The van der Waals surface area contributed by atoms with E-state index in [0.29, 0.717) is 11.3 Å². The molecule has 1 aliphatic rings. The number of nitrogens with one attached hydrogen (secondary N) is 1. The van der Waals surface area contributed by atoms with Crippen molar-refractivity contribution in [1.82, 2.24) is 18.8 Å². The smallest absolute Gasteiger partial charge is 0.280 e. The van der Waals surface area contributed by atoms with Gasteiger partial charge in [0.1, 0.15) is 11.9 Å². The van der Waals surface area contributed by atoms with Gasteiger partial charge in [-0.3, -0.25) is 9.52 Å². The Morgan fingerprint density at radius 2 is 2.00 bits per heavy atom. The number of carbonyl (C=O) groups is 1. The van der Waals surface area contributed by atoms with Gasteiger partial charge in [-0.25, -0.2) is 17.7 Å². The van der Waals surface area contributed by atoms with E-state index in [1.54, 1.807) is 24.9 Å². The Morgan fingerprint density at radius 1 is 1.31 bits per heavy atom. The van der Waals surface area contributed by atoms with E-state index in [-0.39, 0.29) is 48.7 Å². The van der Waals surface area contributed by atoms with Gasteiger partial charge in [-0.15, -0.1) is 0 Å². The molecule has 1 aromatic carbocycles. The fourth-order valence-electron chi connectivity index (χ4n) is 3.83. The summed E-state index contributed by atoms with van der Waals surface area (Å²) in [6.07, 6.45) is 3.13. The molecule has 0 saturated heterocycles. The zero-order valence-corrected chi connectivity index (χ0v) is 22.6. The molecule has 3 atom stereocenters. The van der Waals surface area contributed by atoms with Crippen molar-refractivity contribution in [2.45, 2.75) is 37.4 Å². The number of aryl methyl sites for hydroxylation is 1. The number of benzene rings is 1. The normalized spacial score (nSPS) is 20.2. The molecule has 14 heteroatoms. The largest absolute Gasteiger partial charge is 0.488 e. The lowest BCUT2D eigenvalue weighted by atomic mass is 10.0. The highest BCUT2D eigenvalue weighted by Gasteiger charge is 2.32. The van der Waals surface area contributed by atoms with Crippen LogP contribution in [0.15, 0.2) is 35.7 Å². The third kappa shape index (κ3) is 6.55. The highest BCUT2D eigenvalue weighted by Crippen LogP contribution is 2.30. The maximum absolute atomic E-state index is 13.2. The molecule has 0 fully saturated rings. The highest BCUT2D eigenvalue weighted by atomic mass is 32.2. The first-order valence-corrected chi connectivity index (χ1v) is 14.7. The van der Waals surface area contributed by atoms with Gasteiger partial charge in [-0.05, 0) is 25.1 Å². The number of aliphatic hydroxyl groups excluding tert-OH is 1. The molecule has 0 radical (unpaired) electrons. The maximum Gasteiger partial charge on any atom is 0.280 e. The van der Waals surface area contributed by atoms with Crippen LogP contribution in [-0.4, -0.2) is 91.8 Å². The second-order valence-electron chi connectivity index (χ2n) is 9.24. The predicted octanol–water partition coefficient (Wildman–Crippen LogP) is 0.261. The molecule has 1 amide bonds. The Balaban J connectivity index is 2.00. The quantitative estimate of drug-likeness (QED) is 0.481. The molecule has 2 heterocycles. The first-order chi connectivity index (χ1) is 16.7. The lowest BCUT2D eigenvalue weighted by molar-refractivity contribution is -0.134. The van der Waals surface area contributed by atoms with Crippen LogP contribution in [0, 0.1) is 5.92 Å². The number of rotatable bonds is 8. The number of aliphatic hydroxyl groups is 1. The van der Waals surface area contributed by atoms with E-state index < -0.39 is 32.2 Å². The number of hydrogen-bond acceptors (Lipinski definition) is 8. The molecule has 2 N–H and O–H groups in total. The van der Waals surface area contributed by atoms with Crippen molar-refractivity contribution in [2.75, 3.05) is 37.7 Å². The number of carbonyl (C=O) groups excluding carboxylic acids is 1. The van der Waals surface area contributed by atoms with Gasteiger partial charge >= 0.3 is 0 Å². The van der Waals surface area contributed by atoms with Crippen LogP contribution < -0.4 is 9.46 Å². The van der Waals surface area contributed by atoms with E-state index in [1.807, 2.05) is 6.92 Å². The topological polar surface area (TPSA) is 151 Å². The van der Waals surface area contributed by atoms with Gasteiger partial charge in [0.2, 0.25) is 15.9 Å². The number of imidazole rings is 1. The summed E-state index contributed by atoms with van der Waals surface area (Å²) < 4.78 is 61.0. The molecule has 0 bridgehead atoms. The monoisotopic (exact) mass is 543 g/mol. The highest BCUT2D eigenvalue weighted by molar-refractivity contribution is 7.92. The van der Waals surface area contributed by atoms with Crippen molar-refractivity contribution < 1.29 is 31.5 Å². The third-order valence-electron chi connectivity index (χ3n) is 6.13. The van der Waals surface area contributed by atoms with Gasteiger partial charge < -0.3 is 19.3 Å². The zero-order valence-electron chi connectivity index (χ0n) is 20.9. The van der Waals surface area contributed by atoms with Gasteiger partial charge in [-0.2, -0.15) is 8.42 Å². The van der Waals surface area contributed by atoms with E-state index in [2.05, 4.69) is 9.71 Å². The molecule has 0 spiro atoms. The fraction of sp³-hybridized carbons (Fsp3) is 0.545. The molecule has 0 saturated carbocycles. The minimum absolute atomic E-state index is 0.0447. The van der Waals surface area contributed by atoms with Crippen LogP contribution in [-0.2, 0) is 38.3 Å². The van der Waals surface area contributed by atoms with E-state index in [9.17, 15) is 26.7 Å². The molecule has 200 valence electrons. The molecule has 0 unspecified atom stereocenters. The fourth-order valence-corrected chi connectivity index (χ4v) is 5.29. The van der Waals surface area contributed by atoms with Crippen LogP contribution >= 0.6 is 0 Å². The van der Waals surface area contributed by atoms with E-state index >= 15 is 0 Å². The molecule has 3 rings (SSSR count). The molecule has 2 aromatic rings. The summed E-state index contributed by atoms with van der Waals surface area (Å²) >= 11 is 0. The zero-order chi connectivity index (χ0) is 26.8. The number of hydrogen-bond donors (Lipinski definition) is 2. The van der Waals surface area contributed by atoms with E-state index in [1.165, 1.54) is 40.6 Å². The summed E-state index contributed by atoms with van der Waals surface area (Å²) in [5.41, 5.74) is 0.645. The second-order valence-corrected chi connectivity index (χ2v) is 13.0. The third-order valence-corrected chi connectivity index (χ3v) is 8.68. The van der Waals surface area contributed by atoms with Crippen molar-refractivity contribution in [2.24, 2.45) is 13.0 Å². The minimum atomic E-state index is -3.96. The standard InChI is InChI=1S/C22H33N5O7S2/c1-15-10-27(16(2)13-28)22(29)9-17-8-18(24-36(32,33)21-12-25(3)14-23-21)6-7-19(17)34-20(15)11-26(4)35(5,30)31/h6-8,12,14-16,20,24,28H,9-11,13H2,1-5H3/t15-,16+,20+/m0/s1. The number of fused-ring (bicyclic) bond motifs is 1. The van der Waals surface area contributed by atoms with Crippen LogP contribution in [0.4, 0.5) is 5.69 Å². The van der Waals surface area contributed by atoms with Crippen LogP contribution in [0.3, 0.4) is 0 Å². The summed E-state index contributed by atoms with van der Waals surface area (Å²) in [5, 5.41) is 9.57. The van der Waals surface area contributed by atoms with Gasteiger partial charge in [0.15, 0.2) is 5.03 Å². The first kappa shape index (κ1) is 27.9. The van der Waals surface area contributed by atoms with Crippen molar-refractivity contribution in [3.8, 4) is 5.75 Å². The molecule has 1 aromatic heterocycles. The number of likely N-dealkylation sites (N-methyl/N-ethyl adjacent to an activating group) is 1. The van der Waals surface area contributed by atoms with Gasteiger partial charge in [-0.1, -0.05) is 6.92 Å². The Kier molecular flexibility index (Phi) is 8.33. The van der Waals surface area contributed by atoms with Gasteiger partial charge in [0.25, 0.3) is 10.0 Å². The molecule has 36 heavy (non-hydrogen) atoms. The number of aromatic nitrogens is 2. The second kappa shape index (κ2) is 10.7. The summed E-state index contributed by atoms with van der Waals surface area (Å²) in [5.74, 6) is -0.197. The number of amides is 1. The average Bonchev–Trinajstić information content (AvgIpc) is 3.24. The summed E-state index contributed by atoms with van der Waals surface area (Å²) in [7, 11) is -4.34. The molecular formula is C22H33N5O7S2. The molecule has 12 nitrogen and oxygen atoms in total. The Hall–Kier alpha value is -2.68. The SMILES string of the molecule is C[C@H](CO)N1C[C@H](C)[C@@H](CN(C)S(C)(=O)=O)Oc2ccc(NS(=O)(=O)c3cn(C)cn3)cc2CC1=O. The van der Waals surface area contributed by atoms with E-state index in [4.69, 9.17) is 4.74 Å². The van der Waals surface area contributed by atoms with E-state index in [0.717, 1.165) is 6.26 Å². The molecule has 1 aliphatic heterocycles. The van der Waals surface area contributed by atoms with Gasteiger partial charge in [0, 0.05) is 44.0 Å². The Labute approximate surface area is 212 Å². The van der Waals surface area contributed by atoms with Crippen molar-refractivity contribution in [3.05, 3.63) is 36.3 Å². The lowest BCUT2D eigenvalue weighted by Crippen LogP contribution is -2.48. The summed E-state index contributed by atoms with van der Waals surface area (Å²) in [6, 6.07) is 4.12. The number of ether oxygens (including phenoxy) is 1. The first-order valence-electron chi connectivity index (χ1n) is 11.3. The van der Waals surface area contributed by atoms with Crippen LogP contribution in [0.25, 0.3) is 0 Å². The Bertz CT molecular complexity index is 1310. The maximum atomic E-state index is 13.2. The number of sulfonamides is 2. The van der Waals surface area contributed by atoms with Gasteiger partial charge in [0.05, 0.1) is 38.2 Å². The van der Waals surface area contributed by atoms with Crippen LogP contribution in [0.5, 0.6) is 5.75 Å². The summed E-state index contributed by atoms with van der Waals surface area (Å²) in [6.45, 7) is 3.62. The average molecular weight is 544 g/mol.